The maximum absolute atomic E-state index is 13.0. The molecule has 6 nitrogen and oxygen atoms in total. The van der Waals surface area contributed by atoms with Crippen LogP contribution in [-0.4, -0.2) is 61.6 Å². The lowest BCUT2D eigenvalue weighted by atomic mass is 9.85. The van der Waals surface area contributed by atoms with Crippen molar-refractivity contribution < 1.29 is 9.90 Å². The molecule has 1 amide bonds. The second kappa shape index (κ2) is 6.97. The SMILES string of the molecule is CC[C@H]1CCCCN1C(=O)CN1[C@@H]2CC[C@H]1CC(O)(c1nccn1C)C2. The summed E-state index contributed by atoms with van der Waals surface area (Å²) in [6.07, 6.45) is 11.7. The average Bonchev–Trinajstić information content (AvgIpc) is 3.17. The number of aliphatic hydroxyl groups is 1. The fourth-order valence-electron chi connectivity index (χ4n) is 5.57. The predicted octanol–water partition coefficient (Wildman–Crippen LogP) is 2.03. The summed E-state index contributed by atoms with van der Waals surface area (Å²) in [4.78, 5) is 21.9. The Morgan fingerprint density at radius 2 is 2.00 bits per heavy atom. The Hall–Kier alpha value is -1.40. The zero-order valence-electron chi connectivity index (χ0n) is 16.1. The molecule has 26 heavy (non-hydrogen) atoms. The van der Waals surface area contributed by atoms with E-state index in [1.165, 1.54) is 6.42 Å². The van der Waals surface area contributed by atoms with Crippen molar-refractivity contribution in [3.8, 4) is 0 Å². The van der Waals surface area contributed by atoms with E-state index in [1.807, 2.05) is 17.8 Å². The van der Waals surface area contributed by atoms with Gasteiger partial charge in [-0.05, 0) is 51.4 Å². The van der Waals surface area contributed by atoms with Gasteiger partial charge in [-0.15, -0.1) is 0 Å². The van der Waals surface area contributed by atoms with Crippen LogP contribution in [0.4, 0.5) is 0 Å². The van der Waals surface area contributed by atoms with Gasteiger partial charge in [0.15, 0.2) is 0 Å². The van der Waals surface area contributed by atoms with Crippen LogP contribution >= 0.6 is 0 Å². The summed E-state index contributed by atoms with van der Waals surface area (Å²) >= 11 is 0. The van der Waals surface area contributed by atoms with Crippen LogP contribution in [0.15, 0.2) is 12.4 Å². The smallest absolute Gasteiger partial charge is 0.237 e. The number of hydrogen-bond donors (Lipinski definition) is 1. The number of fused-ring (bicyclic) bond motifs is 2. The number of aromatic nitrogens is 2. The first kappa shape index (κ1) is 18.0. The van der Waals surface area contributed by atoms with Crippen molar-refractivity contribution in [2.75, 3.05) is 13.1 Å². The number of imidazole rings is 1. The highest BCUT2D eigenvalue weighted by Crippen LogP contribution is 2.45. The van der Waals surface area contributed by atoms with Crippen LogP contribution in [0.2, 0.25) is 0 Å². The highest BCUT2D eigenvalue weighted by atomic mass is 16.3. The molecule has 1 unspecified atom stereocenters. The van der Waals surface area contributed by atoms with Gasteiger partial charge in [-0.3, -0.25) is 9.69 Å². The Bertz CT molecular complexity index is 644. The largest absolute Gasteiger partial charge is 0.382 e. The summed E-state index contributed by atoms with van der Waals surface area (Å²) in [6.45, 7) is 3.62. The molecule has 4 atom stereocenters. The molecule has 1 aromatic heterocycles. The molecular formula is C20H32N4O2. The third-order valence-electron chi connectivity index (χ3n) is 6.89. The van der Waals surface area contributed by atoms with Gasteiger partial charge in [-0.1, -0.05) is 6.92 Å². The maximum atomic E-state index is 13.0. The molecule has 0 radical (unpaired) electrons. The summed E-state index contributed by atoms with van der Waals surface area (Å²) in [6, 6.07) is 0.983. The van der Waals surface area contributed by atoms with Crippen molar-refractivity contribution in [3.63, 3.8) is 0 Å². The minimum Gasteiger partial charge on any atom is -0.382 e. The van der Waals surface area contributed by atoms with Crippen LogP contribution < -0.4 is 0 Å². The monoisotopic (exact) mass is 360 g/mol. The van der Waals surface area contributed by atoms with Gasteiger partial charge in [0.25, 0.3) is 0 Å². The number of carbonyl (C=O) groups is 1. The van der Waals surface area contributed by atoms with Gasteiger partial charge in [-0.25, -0.2) is 4.98 Å². The highest BCUT2D eigenvalue weighted by molar-refractivity contribution is 5.79. The molecule has 2 bridgehead atoms. The van der Waals surface area contributed by atoms with Gasteiger partial charge in [-0.2, -0.15) is 0 Å². The van der Waals surface area contributed by atoms with E-state index in [-0.39, 0.29) is 18.0 Å². The number of rotatable bonds is 4. The third-order valence-corrected chi connectivity index (χ3v) is 6.89. The normalized spacial score (nSPS) is 35.0. The van der Waals surface area contributed by atoms with Crippen molar-refractivity contribution in [2.24, 2.45) is 7.05 Å². The van der Waals surface area contributed by atoms with Gasteiger partial charge in [0, 0.05) is 44.1 Å². The van der Waals surface area contributed by atoms with Crippen molar-refractivity contribution in [1.82, 2.24) is 19.4 Å². The molecular weight excluding hydrogens is 328 g/mol. The molecule has 0 saturated carbocycles. The molecule has 144 valence electrons. The lowest BCUT2D eigenvalue weighted by molar-refractivity contribution is -0.139. The molecule has 1 aromatic rings. The van der Waals surface area contributed by atoms with E-state index >= 15 is 0 Å². The molecule has 0 spiro atoms. The summed E-state index contributed by atoms with van der Waals surface area (Å²) in [5, 5.41) is 11.3. The Labute approximate surface area is 156 Å². The van der Waals surface area contributed by atoms with Crippen LogP contribution in [0.3, 0.4) is 0 Å². The standard InChI is InChI=1S/C20H32N4O2/c1-3-15-6-4-5-10-23(15)18(25)14-24-16-7-8-17(24)13-20(26,12-16)19-21-9-11-22(19)2/h9,11,15-17,26H,3-8,10,12-14H2,1-2H3/t15-,16-,17+,20?/m0/s1. The molecule has 3 fully saturated rings. The van der Waals surface area contributed by atoms with Crippen LogP contribution in [-0.2, 0) is 17.4 Å². The van der Waals surface area contributed by atoms with Crippen molar-refractivity contribution in [2.45, 2.75) is 82.0 Å². The quantitative estimate of drug-likeness (QED) is 0.892. The lowest BCUT2D eigenvalue weighted by Crippen LogP contribution is -2.55. The molecule has 3 aliphatic rings. The number of nitrogens with zero attached hydrogens (tertiary/aromatic N) is 4. The van der Waals surface area contributed by atoms with Gasteiger partial charge < -0.3 is 14.6 Å². The van der Waals surface area contributed by atoms with Gasteiger partial charge >= 0.3 is 0 Å². The third kappa shape index (κ3) is 3.07. The summed E-state index contributed by atoms with van der Waals surface area (Å²) < 4.78 is 1.93. The van der Waals surface area contributed by atoms with E-state index < -0.39 is 5.60 Å². The summed E-state index contributed by atoms with van der Waals surface area (Å²) in [5.41, 5.74) is -0.860. The number of carbonyl (C=O) groups excluding carboxylic acids is 1. The average molecular weight is 361 g/mol. The zero-order chi connectivity index (χ0) is 18.3. The molecule has 0 aliphatic carbocycles. The molecule has 3 saturated heterocycles. The first-order valence-corrected chi connectivity index (χ1v) is 10.3. The fraction of sp³-hybridized carbons (Fsp3) is 0.800. The van der Waals surface area contributed by atoms with E-state index in [4.69, 9.17) is 0 Å². The Morgan fingerprint density at radius 3 is 2.62 bits per heavy atom. The lowest BCUT2D eigenvalue weighted by Gasteiger charge is -2.44. The van der Waals surface area contributed by atoms with Crippen molar-refractivity contribution in [1.29, 1.82) is 0 Å². The van der Waals surface area contributed by atoms with E-state index in [1.54, 1.807) is 6.20 Å². The molecule has 4 rings (SSSR count). The van der Waals surface area contributed by atoms with Gasteiger partial charge in [0.05, 0.1) is 6.54 Å². The first-order chi connectivity index (χ1) is 12.5. The molecule has 3 aliphatic heterocycles. The summed E-state index contributed by atoms with van der Waals surface area (Å²) in [7, 11) is 1.94. The van der Waals surface area contributed by atoms with Gasteiger partial charge in [0.2, 0.25) is 5.91 Å². The van der Waals surface area contributed by atoms with E-state index in [9.17, 15) is 9.90 Å². The molecule has 1 N–H and O–H groups in total. The molecule has 4 heterocycles. The highest BCUT2D eigenvalue weighted by Gasteiger charge is 2.50. The maximum Gasteiger partial charge on any atom is 0.237 e. The second-order valence-electron chi connectivity index (χ2n) is 8.50. The minimum absolute atomic E-state index is 0.282. The van der Waals surface area contributed by atoms with Crippen molar-refractivity contribution in [3.05, 3.63) is 18.2 Å². The second-order valence-corrected chi connectivity index (χ2v) is 8.50. The number of amides is 1. The number of aryl methyl sites for hydroxylation is 1. The Kier molecular flexibility index (Phi) is 4.82. The zero-order valence-corrected chi connectivity index (χ0v) is 16.1. The van der Waals surface area contributed by atoms with Crippen LogP contribution in [0.5, 0.6) is 0 Å². The van der Waals surface area contributed by atoms with Crippen LogP contribution in [0.25, 0.3) is 0 Å². The van der Waals surface area contributed by atoms with Crippen LogP contribution in [0.1, 0.15) is 64.1 Å². The Morgan fingerprint density at radius 1 is 1.27 bits per heavy atom. The first-order valence-electron chi connectivity index (χ1n) is 10.3. The molecule has 0 aromatic carbocycles. The van der Waals surface area contributed by atoms with Crippen molar-refractivity contribution >= 4 is 5.91 Å². The molecule has 6 heteroatoms. The topological polar surface area (TPSA) is 61.6 Å². The Balaban J connectivity index is 1.45. The van der Waals surface area contributed by atoms with E-state index in [2.05, 4.69) is 21.7 Å². The van der Waals surface area contributed by atoms with E-state index in [0.717, 1.165) is 44.5 Å². The number of likely N-dealkylation sites (tertiary alicyclic amines) is 1. The number of hydrogen-bond acceptors (Lipinski definition) is 4. The van der Waals surface area contributed by atoms with E-state index in [0.29, 0.717) is 25.4 Å². The fourth-order valence-corrected chi connectivity index (χ4v) is 5.57. The van der Waals surface area contributed by atoms with Gasteiger partial charge in [0.1, 0.15) is 11.4 Å². The van der Waals surface area contributed by atoms with Crippen LogP contribution in [0, 0.1) is 0 Å². The predicted molar refractivity (Wildman–Crippen MR) is 99.5 cm³/mol. The minimum atomic E-state index is -0.860. The summed E-state index contributed by atoms with van der Waals surface area (Å²) in [5.74, 6) is 1.05. The number of piperidine rings is 2.